The molecule has 0 fully saturated rings. The maximum Gasteiger partial charge on any atom is 0.308 e. The molecule has 0 aliphatic heterocycles. The number of carbonyl (C=O) groups excluding carboxylic acids is 1. The van der Waals surface area contributed by atoms with Crippen molar-refractivity contribution in [3.8, 4) is 5.75 Å². The average Bonchev–Trinajstić information content (AvgIpc) is 2.33. The lowest BCUT2D eigenvalue weighted by atomic mass is 10.1. The molecule has 0 atom stereocenters. The van der Waals surface area contributed by atoms with Crippen LogP contribution >= 0.6 is 47.8 Å². The number of halogens is 3. The van der Waals surface area contributed by atoms with E-state index in [0.29, 0.717) is 24.7 Å². The third kappa shape index (κ3) is 2.64. The molecule has 0 spiro atoms. The predicted molar refractivity (Wildman–Crippen MR) is 83.7 cm³/mol. The molecule has 0 saturated carbocycles. The first kappa shape index (κ1) is 14.7. The van der Waals surface area contributed by atoms with Crippen LogP contribution in [0.2, 0.25) is 0 Å². The summed E-state index contributed by atoms with van der Waals surface area (Å²) in [7, 11) is 0. The zero-order valence-electron chi connectivity index (χ0n) is 9.94. The van der Waals surface area contributed by atoms with Gasteiger partial charge in [-0.2, -0.15) is 0 Å². The highest BCUT2D eigenvalue weighted by molar-refractivity contribution is 9.11. The normalized spacial score (nSPS) is 10.8. The molecule has 0 bridgehead atoms. The fourth-order valence-electron chi connectivity index (χ4n) is 1.71. The number of aromatic amines is 1. The number of ether oxygens (including phenoxy) is 1. The van der Waals surface area contributed by atoms with E-state index in [4.69, 9.17) is 4.74 Å². The number of esters is 1. The monoisotopic (exact) mass is 451 g/mol. The Morgan fingerprint density at radius 2 is 1.89 bits per heavy atom. The van der Waals surface area contributed by atoms with Crippen molar-refractivity contribution in [2.24, 2.45) is 0 Å². The number of aromatic nitrogens is 1. The smallest absolute Gasteiger partial charge is 0.308 e. The zero-order valence-corrected chi connectivity index (χ0v) is 14.7. The molecule has 2 aromatic rings. The molecule has 1 aromatic carbocycles. The number of hydrogen-bond acceptors (Lipinski definition) is 3. The largest absolute Gasteiger partial charge is 0.424 e. The molecule has 2 rings (SSSR count). The van der Waals surface area contributed by atoms with Gasteiger partial charge in [-0.05, 0) is 66.3 Å². The molecule has 0 amide bonds. The SMILES string of the molecule is CC(=O)Oc1c(Br)cc2c(C)c(Br)c(=O)[nH]c2c1Br. The van der Waals surface area contributed by atoms with Crippen molar-refractivity contribution < 1.29 is 9.53 Å². The van der Waals surface area contributed by atoms with E-state index >= 15 is 0 Å². The Balaban J connectivity index is 2.89. The minimum absolute atomic E-state index is 0.234. The summed E-state index contributed by atoms with van der Waals surface area (Å²) >= 11 is 9.97. The van der Waals surface area contributed by atoms with Gasteiger partial charge in [-0.1, -0.05) is 0 Å². The van der Waals surface area contributed by atoms with Gasteiger partial charge in [0.1, 0.15) is 0 Å². The van der Waals surface area contributed by atoms with Gasteiger partial charge >= 0.3 is 5.97 Å². The van der Waals surface area contributed by atoms with Crippen LogP contribution in [0.4, 0.5) is 0 Å². The molecular weight excluding hydrogens is 446 g/mol. The van der Waals surface area contributed by atoms with Crippen molar-refractivity contribution in [1.82, 2.24) is 4.98 Å². The Labute approximate surface area is 133 Å². The Bertz CT molecular complexity index is 752. The van der Waals surface area contributed by atoms with Crippen LogP contribution in [0.15, 0.2) is 24.3 Å². The van der Waals surface area contributed by atoms with Crippen LogP contribution in [0.25, 0.3) is 10.9 Å². The number of pyridine rings is 1. The zero-order chi connectivity index (χ0) is 14.3. The van der Waals surface area contributed by atoms with Gasteiger partial charge in [0.25, 0.3) is 5.56 Å². The fourth-order valence-corrected chi connectivity index (χ4v) is 3.41. The second-order valence-corrected chi connectivity index (χ2v) is 6.35. The highest BCUT2D eigenvalue weighted by Gasteiger charge is 2.17. The Hall–Kier alpha value is -0.660. The third-order valence-corrected chi connectivity index (χ3v) is 4.89. The summed E-state index contributed by atoms with van der Waals surface area (Å²) in [6, 6.07) is 1.80. The van der Waals surface area contributed by atoms with E-state index in [1.54, 1.807) is 6.07 Å². The summed E-state index contributed by atoms with van der Waals surface area (Å²) in [6.07, 6.45) is 0. The molecular formula is C12H8Br3NO3. The molecule has 1 N–H and O–H groups in total. The molecule has 0 unspecified atom stereocenters. The minimum Gasteiger partial charge on any atom is -0.424 e. The molecule has 100 valence electrons. The number of carbonyl (C=O) groups is 1. The van der Waals surface area contributed by atoms with Gasteiger partial charge in [0.05, 0.1) is 18.9 Å². The van der Waals surface area contributed by atoms with Crippen molar-refractivity contribution in [2.75, 3.05) is 0 Å². The van der Waals surface area contributed by atoms with Gasteiger partial charge in [-0.15, -0.1) is 0 Å². The third-order valence-electron chi connectivity index (χ3n) is 2.59. The van der Waals surface area contributed by atoms with Crippen LogP contribution in [-0.2, 0) is 4.79 Å². The lowest BCUT2D eigenvalue weighted by Crippen LogP contribution is -2.10. The lowest BCUT2D eigenvalue weighted by Gasteiger charge is -2.12. The van der Waals surface area contributed by atoms with E-state index in [9.17, 15) is 9.59 Å². The summed E-state index contributed by atoms with van der Waals surface area (Å²) in [5.41, 5.74) is 1.17. The summed E-state index contributed by atoms with van der Waals surface area (Å²) in [6.45, 7) is 3.16. The molecule has 1 aromatic heterocycles. The first-order chi connectivity index (χ1) is 8.82. The predicted octanol–water partition coefficient (Wildman–Crippen LogP) is 4.05. The van der Waals surface area contributed by atoms with Gasteiger partial charge in [0.2, 0.25) is 0 Å². The molecule has 19 heavy (non-hydrogen) atoms. The summed E-state index contributed by atoms with van der Waals surface area (Å²) in [5.74, 6) is -0.0886. The van der Waals surface area contributed by atoms with E-state index < -0.39 is 5.97 Å². The number of nitrogens with one attached hydrogen (secondary N) is 1. The molecule has 0 saturated heterocycles. The van der Waals surface area contributed by atoms with E-state index in [1.807, 2.05) is 6.92 Å². The second kappa shape index (κ2) is 5.38. The molecule has 0 radical (unpaired) electrons. The number of H-pyrrole nitrogens is 1. The standard InChI is InChI=1S/C12H8Br3NO3/c1-4-6-3-7(13)11(19-5(2)17)9(15)10(6)16-12(18)8(4)14/h3H,1-2H3,(H,16,18). The van der Waals surface area contributed by atoms with Crippen molar-refractivity contribution in [1.29, 1.82) is 0 Å². The summed E-state index contributed by atoms with van der Waals surface area (Å²) in [4.78, 5) is 25.6. The van der Waals surface area contributed by atoms with E-state index in [1.165, 1.54) is 6.92 Å². The Kier molecular flexibility index (Phi) is 4.17. The van der Waals surface area contributed by atoms with Crippen molar-refractivity contribution >= 4 is 64.7 Å². The van der Waals surface area contributed by atoms with Gasteiger partial charge < -0.3 is 9.72 Å². The van der Waals surface area contributed by atoms with Crippen molar-refractivity contribution in [3.05, 3.63) is 35.4 Å². The quantitative estimate of drug-likeness (QED) is 0.523. The van der Waals surface area contributed by atoms with Crippen LogP contribution in [0.5, 0.6) is 5.75 Å². The second-order valence-electron chi connectivity index (χ2n) is 3.91. The first-order valence-electron chi connectivity index (χ1n) is 5.21. The molecule has 1 heterocycles. The topological polar surface area (TPSA) is 59.2 Å². The van der Waals surface area contributed by atoms with E-state index in [-0.39, 0.29) is 5.56 Å². The van der Waals surface area contributed by atoms with E-state index in [2.05, 4.69) is 52.8 Å². The molecule has 7 heteroatoms. The molecule has 4 nitrogen and oxygen atoms in total. The summed E-state index contributed by atoms with van der Waals surface area (Å²) < 4.78 is 6.77. The average molecular weight is 454 g/mol. The highest BCUT2D eigenvalue weighted by Crippen LogP contribution is 2.40. The molecule has 0 aliphatic carbocycles. The molecule has 0 aliphatic rings. The summed E-state index contributed by atoms with van der Waals surface area (Å²) in [5, 5.41) is 0.848. The van der Waals surface area contributed by atoms with Crippen molar-refractivity contribution in [2.45, 2.75) is 13.8 Å². The fraction of sp³-hybridized carbons (Fsp3) is 0.167. The number of benzene rings is 1. The van der Waals surface area contributed by atoms with Gasteiger partial charge in [-0.3, -0.25) is 9.59 Å². The minimum atomic E-state index is -0.433. The Morgan fingerprint density at radius 3 is 2.47 bits per heavy atom. The number of fused-ring (bicyclic) bond motifs is 1. The van der Waals surface area contributed by atoms with Crippen LogP contribution in [-0.4, -0.2) is 11.0 Å². The maximum atomic E-state index is 11.8. The van der Waals surface area contributed by atoms with Gasteiger partial charge in [0, 0.05) is 12.3 Å². The van der Waals surface area contributed by atoms with Crippen LogP contribution in [0, 0.1) is 6.92 Å². The van der Waals surface area contributed by atoms with Crippen molar-refractivity contribution in [3.63, 3.8) is 0 Å². The highest BCUT2D eigenvalue weighted by atomic mass is 79.9. The van der Waals surface area contributed by atoms with Crippen LogP contribution < -0.4 is 10.3 Å². The number of rotatable bonds is 1. The van der Waals surface area contributed by atoms with Crippen LogP contribution in [0.3, 0.4) is 0 Å². The number of hydrogen-bond donors (Lipinski definition) is 1. The van der Waals surface area contributed by atoms with Gasteiger partial charge in [-0.25, -0.2) is 0 Å². The number of aryl methyl sites for hydroxylation is 1. The Morgan fingerprint density at radius 1 is 1.26 bits per heavy atom. The van der Waals surface area contributed by atoms with E-state index in [0.717, 1.165) is 10.9 Å². The lowest BCUT2D eigenvalue weighted by molar-refractivity contribution is -0.131. The maximum absolute atomic E-state index is 11.8. The van der Waals surface area contributed by atoms with Gasteiger partial charge in [0.15, 0.2) is 5.75 Å². The van der Waals surface area contributed by atoms with Crippen LogP contribution in [0.1, 0.15) is 12.5 Å². The first-order valence-corrected chi connectivity index (χ1v) is 7.59.